The molecule has 0 unspecified atom stereocenters. The molecule has 9 heteroatoms. The molecule has 2 aromatic rings. The number of piperidine rings is 1. The van der Waals surface area contributed by atoms with Crippen molar-refractivity contribution in [3.8, 4) is 0 Å². The summed E-state index contributed by atoms with van der Waals surface area (Å²) >= 11 is 0. The zero-order valence-corrected chi connectivity index (χ0v) is 17.5. The zero-order chi connectivity index (χ0) is 22.2. The lowest BCUT2D eigenvalue weighted by Gasteiger charge is -2.41. The second kappa shape index (κ2) is 8.39. The highest BCUT2D eigenvalue weighted by atomic mass is 19.1. The highest BCUT2D eigenvalue weighted by molar-refractivity contribution is 5.83. The van der Waals surface area contributed by atoms with Gasteiger partial charge in [0.25, 0.3) is 5.56 Å². The van der Waals surface area contributed by atoms with Gasteiger partial charge in [0.05, 0.1) is 23.8 Å². The van der Waals surface area contributed by atoms with Crippen LogP contribution in [0, 0.1) is 11.2 Å². The van der Waals surface area contributed by atoms with Crippen molar-refractivity contribution in [2.45, 2.75) is 31.4 Å². The molecule has 4 rings (SSSR count). The van der Waals surface area contributed by atoms with Crippen LogP contribution in [0.4, 0.5) is 4.39 Å². The molecule has 2 aliphatic heterocycles. The molecule has 2 atom stereocenters. The largest absolute Gasteiger partial charge is 0.389 e. The molecular weight excluding hydrogens is 403 g/mol. The molecule has 1 aromatic heterocycles. The Morgan fingerprint density at radius 2 is 1.87 bits per heavy atom. The molecule has 2 N–H and O–H groups in total. The second-order valence-electron chi connectivity index (χ2n) is 8.73. The maximum absolute atomic E-state index is 13.8. The van der Waals surface area contributed by atoms with Crippen molar-refractivity contribution in [3.63, 3.8) is 0 Å². The van der Waals surface area contributed by atoms with Crippen molar-refractivity contribution in [3.05, 3.63) is 68.7 Å². The third kappa shape index (κ3) is 4.20. The van der Waals surface area contributed by atoms with Crippen LogP contribution in [0.2, 0.25) is 0 Å². The number of hydrogen-bond acceptors (Lipinski definition) is 5. The number of nitrogens with one attached hydrogen (secondary N) is 1. The number of aromatic amines is 1. The normalized spacial score (nSPS) is 23.8. The van der Waals surface area contributed by atoms with Crippen molar-refractivity contribution >= 4 is 5.91 Å². The van der Waals surface area contributed by atoms with E-state index >= 15 is 0 Å². The van der Waals surface area contributed by atoms with Crippen molar-refractivity contribution < 1.29 is 14.3 Å². The van der Waals surface area contributed by atoms with E-state index in [0.717, 1.165) is 29.4 Å². The van der Waals surface area contributed by atoms with E-state index in [1.54, 1.807) is 4.90 Å². The highest BCUT2D eigenvalue weighted by Gasteiger charge is 2.46. The molecular formula is C22H27FN4O4. The van der Waals surface area contributed by atoms with Crippen molar-refractivity contribution in [1.29, 1.82) is 0 Å². The lowest BCUT2D eigenvalue weighted by molar-refractivity contribution is -0.144. The van der Waals surface area contributed by atoms with Crippen LogP contribution >= 0.6 is 0 Å². The van der Waals surface area contributed by atoms with Crippen LogP contribution in [0.15, 0.2) is 46.1 Å². The van der Waals surface area contributed by atoms with Gasteiger partial charge in [-0.3, -0.25) is 19.1 Å². The van der Waals surface area contributed by atoms with Gasteiger partial charge in [-0.15, -0.1) is 0 Å². The summed E-state index contributed by atoms with van der Waals surface area (Å²) in [4.78, 5) is 42.9. The van der Waals surface area contributed by atoms with Gasteiger partial charge in [-0.2, -0.15) is 4.39 Å². The van der Waals surface area contributed by atoms with Crippen LogP contribution in [0.3, 0.4) is 0 Å². The molecule has 0 bridgehead atoms. The van der Waals surface area contributed by atoms with Gasteiger partial charge in [0, 0.05) is 13.1 Å². The predicted molar refractivity (Wildman–Crippen MR) is 112 cm³/mol. The number of nitrogens with zero attached hydrogens (tertiary/aromatic N) is 3. The van der Waals surface area contributed by atoms with Crippen LogP contribution in [0.1, 0.15) is 24.4 Å². The molecule has 0 radical (unpaired) electrons. The molecule has 1 amide bonds. The SMILES string of the molecule is CN1CCC(Cc2ccccc2)(C(=O)N2C[C@H](O)[C@@H](n3cc(F)c(=O)[nH]c3=O)C2)CC1. The van der Waals surface area contributed by atoms with Gasteiger partial charge in [-0.05, 0) is 45.0 Å². The van der Waals surface area contributed by atoms with Crippen molar-refractivity contribution in [1.82, 2.24) is 19.4 Å². The second-order valence-corrected chi connectivity index (χ2v) is 8.73. The number of aliphatic hydroxyl groups is 1. The fourth-order valence-electron chi connectivity index (χ4n) is 4.75. The zero-order valence-electron chi connectivity index (χ0n) is 17.5. The molecule has 0 aliphatic carbocycles. The number of likely N-dealkylation sites (tertiary alicyclic amines) is 2. The van der Waals surface area contributed by atoms with Gasteiger partial charge in [0.1, 0.15) is 0 Å². The minimum Gasteiger partial charge on any atom is -0.389 e. The van der Waals surface area contributed by atoms with E-state index in [2.05, 4.69) is 4.90 Å². The summed E-state index contributed by atoms with van der Waals surface area (Å²) in [6, 6.07) is 9.05. The van der Waals surface area contributed by atoms with Gasteiger partial charge >= 0.3 is 5.69 Å². The van der Waals surface area contributed by atoms with E-state index in [1.807, 2.05) is 42.4 Å². The molecule has 1 aromatic carbocycles. The summed E-state index contributed by atoms with van der Waals surface area (Å²) in [7, 11) is 2.03. The first-order chi connectivity index (χ1) is 14.8. The average Bonchev–Trinajstić information content (AvgIpc) is 3.14. The first-order valence-electron chi connectivity index (χ1n) is 10.5. The number of rotatable bonds is 4. The fourth-order valence-corrected chi connectivity index (χ4v) is 4.75. The number of H-pyrrole nitrogens is 1. The first kappa shape index (κ1) is 21.5. The minimum atomic E-state index is -1.10. The molecule has 2 saturated heterocycles. The van der Waals surface area contributed by atoms with E-state index in [9.17, 15) is 23.9 Å². The summed E-state index contributed by atoms with van der Waals surface area (Å²) in [5, 5.41) is 10.6. The Labute approximate surface area is 178 Å². The van der Waals surface area contributed by atoms with Gasteiger partial charge in [-0.1, -0.05) is 30.3 Å². The summed E-state index contributed by atoms with van der Waals surface area (Å²) in [5.41, 5.74) is -1.42. The molecule has 2 fully saturated rings. The highest BCUT2D eigenvalue weighted by Crippen LogP contribution is 2.38. The molecule has 166 valence electrons. The van der Waals surface area contributed by atoms with Crippen LogP contribution in [-0.4, -0.2) is 69.7 Å². The third-order valence-corrected chi connectivity index (χ3v) is 6.61. The van der Waals surface area contributed by atoms with E-state index < -0.39 is 34.6 Å². The number of carbonyl (C=O) groups is 1. The van der Waals surface area contributed by atoms with Crippen LogP contribution < -0.4 is 11.2 Å². The maximum atomic E-state index is 13.8. The smallest absolute Gasteiger partial charge is 0.328 e. The Morgan fingerprint density at radius 3 is 2.55 bits per heavy atom. The quantitative estimate of drug-likeness (QED) is 0.731. The number of hydrogen-bond donors (Lipinski definition) is 2. The van der Waals surface area contributed by atoms with E-state index in [4.69, 9.17) is 0 Å². The first-order valence-corrected chi connectivity index (χ1v) is 10.5. The Balaban J connectivity index is 1.60. The number of benzene rings is 1. The van der Waals surface area contributed by atoms with Crippen molar-refractivity contribution in [2.24, 2.45) is 5.41 Å². The predicted octanol–water partition coefficient (Wildman–Crippen LogP) is 0.375. The van der Waals surface area contributed by atoms with Gasteiger partial charge in [0.15, 0.2) is 0 Å². The number of β-amino-alcohol motifs (C(OH)–C–C–N with tert-alkyl or cyclic N) is 1. The molecule has 8 nitrogen and oxygen atoms in total. The standard InChI is InChI=1S/C22H27FN4O4/c1-25-9-7-22(8-10-25,11-15-5-3-2-4-6-15)20(30)26-13-17(18(28)14-26)27-12-16(23)19(29)24-21(27)31/h2-6,12,17-18,28H,7-11,13-14H2,1H3,(H,24,29,31)/t17-,18-/m0/s1. The monoisotopic (exact) mass is 430 g/mol. The molecule has 0 saturated carbocycles. The lowest BCUT2D eigenvalue weighted by Crippen LogP contribution is -2.50. The number of amides is 1. The van der Waals surface area contributed by atoms with E-state index in [-0.39, 0.29) is 19.0 Å². The molecule has 31 heavy (non-hydrogen) atoms. The Hall–Kier alpha value is -2.78. The number of halogens is 1. The minimum absolute atomic E-state index is 0.0519. The topological polar surface area (TPSA) is 98.6 Å². The Morgan fingerprint density at radius 1 is 1.19 bits per heavy atom. The third-order valence-electron chi connectivity index (χ3n) is 6.61. The Kier molecular flexibility index (Phi) is 5.81. The van der Waals surface area contributed by atoms with Crippen LogP contribution in [0.5, 0.6) is 0 Å². The lowest BCUT2D eigenvalue weighted by atomic mass is 9.72. The van der Waals surface area contributed by atoms with Crippen LogP contribution in [0.25, 0.3) is 0 Å². The number of carbonyl (C=O) groups excluding carboxylic acids is 1. The molecule has 2 aliphatic rings. The van der Waals surface area contributed by atoms with Gasteiger partial charge < -0.3 is 14.9 Å². The van der Waals surface area contributed by atoms with Gasteiger partial charge in [0.2, 0.25) is 11.7 Å². The average molecular weight is 430 g/mol. The summed E-state index contributed by atoms with van der Waals surface area (Å²) < 4.78 is 14.7. The van der Waals surface area contributed by atoms with Crippen LogP contribution in [-0.2, 0) is 11.2 Å². The van der Waals surface area contributed by atoms with E-state index in [1.165, 1.54) is 0 Å². The van der Waals surface area contributed by atoms with Crippen molar-refractivity contribution in [2.75, 3.05) is 33.2 Å². The van der Waals surface area contributed by atoms with Gasteiger partial charge in [-0.25, -0.2) is 4.79 Å². The molecule has 0 spiro atoms. The fraction of sp³-hybridized carbons (Fsp3) is 0.500. The maximum Gasteiger partial charge on any atom is 0.328 e. The molecule has 3 heterocycles. The summed E-state index contributed by atoms with van der Waals surface area (Å²) in [5.74, 6) is -1.16. The number of aromatic nitrogens is 2. The van der Waals surface area contributed by atoms with E-state index in [0.29, 0.717) is 19.3 Å². The Bertz CT molecular complexity index is 1060. The summed E-state index contributed by atoms with van der Waals surface area (Å²) in [6.45, 7) is 1.73. The number of aliphatic hydroxyl groups excluding tert-OH is 1. The summed E-state index contributed by atoms with van der Waals surface area (Å²) in [6.07, 6.45) is 1.76.